The molecule has 0 spiro atoms. The fourth-order valence-electron chi connectivity index (χ4n) is 2.32. The van der Waals surface area contributed by atoms with Gasteiger partial charge in [-0.2, -0.15) is 23.0 Å². The zero-order valence-electron chi connectivity index (χ0n) is 14.3. The van der Waals surface area contributed by atoms with Crippen molar-refractivity contribution in [3.63, 3.8) is 0 Å². The van der Waals surface area contributed by atoms with Gasteiger partial charge in [-0.05, 0) is 24.3 Å². The Labute approximate surface area is 165 Å². The third-order valence-corrected chi connectivity index (χ3v) is 3.92. The van der Waals surface area contributed by atoms with Gasteiger partial charge in [-0.15, -0.1) is 0 Å². The first-order valence-corrected chi connectivity index (χ1v) is 8.33. The van der Waals surface area contributed by atoms with E-state index in [-0.39, 0.29) is 10.7 Å². The van der Waals surface area contributed by atoms with Gasteiger partial charge in [0.05, 0.1) is 16.4 Å². The average Bonchev–Trinajstić information content (AvgIpc) is 3.08. The van der Waals surface area contributed by atoms with Gasteiger partial charge in [-0.25, -0.2) is 8.78 Å². The monoisotopic (exact) mass is 431 g/mol. The van der Waals surface area contributed by atoms with Crippen molar-refractivity contribution in [1.82, 2.24) is 9.78 Å². The molecule has 11 heteroatoms. The molecule has 0 saturated carbocycles. The van der Waals surface area contributed by atoms with Crippen LogP contribution in [0.1, 0.15) is 5.69 Å². The summed E-state index contributed by atoms with van der Waals surface area (Å²) < 4.78 is 71.8. The summed E-state index contributed by atoms with van der Waals surface area (Å²) >= 11 is 6.00. The summed E-state index contributed by atoms with van der Waals surface area (Å²) in [4.78, 5) is 12.0. The molecular formula is C18H11ClF5N3O2. The molecule has 0 aliphatic heterocycles. The average molecular weight is 432 g/mol. The van der Waals surface area contributed by atoms with Crippen LogP contribution in [-0.2, 0) is 11.0 Å². The summed E-state index contributed by atoms with van der Waals surface area (Å²) in [5.74, 6) is -3.01. The lowest BCUT2D eigenvalue weighted by Gasteiger charge is -2.11. The molecule has 0 fully saturated rings. The van der Waals surface area contributed by atoms with E-state index in [2.05, 4.69) is 10.4 Å². The van der Waals surface area contributed by atoms with Crippen molar-refractivity contribution in [2.75, 3.05) is 11.9 Å². The maximum absolute atomic E-state index is 13.6. The molecule has 3 rings (SSSR count). The van der Waals surface area contributed by atoms with Crippen molar-refractivity contribution < 1.29 is 31.5 Å². The maximum atomic E-state index is 13.6. The van der Waals surface area contributed by atoms with Gasteiger partial charge in [0.2, 0.25) is 5.88 Å². The Bertz CT molecular complexity index is 1050. The number of carbonyl (C=O) groups is 1. The smallest absolute Gasteiger partial charge is 0.435 e. The zero-order chi connectivity index (χ0) is 21.2. The van der Waals surface area contributed by atoms with E-state index in [1.807, 2.05) is 0 Å². The van der Waals surface area contributed by atoms with Crippen molar-refractivity contribution in [3.8, 4) is 11.6 Å². The minimum absolute atomic E-state index is 0.0937. The number of aromatic nitrogens is 2. The number of halogens is 6. The van der Waals surface area contributed by atoms with Gasteiger partial charge in [-0.1, -0.05) is 23.7 Å². The Hall–Kier alpha value is -3.14. The summed E-state index contributed by atoms with van der Waals surface area (Å²) in [6, 6.07) is 8.97. The molecule has 1 aromatic heterocycles. The highest BCUT2D eigenvalue weighted by molar-refractivity contribution is 6.32. The Morgan fingerprint density at radius 2 is 1.86 bits per heavy atom. The molecule has 5 nitrogen and oxygen atoms in total. The Kier molecular flexibility index (Phi) is 5.73. The number of anilines is 1. The summed E-state index contributed by atoms with van der Waals surface area (Å²) in [5, 5.41) is 5.61. The molecule has 152 valence electrons. The summed E-state index contributed by atoms with van der Waals surface area (Å²) in [5.41, 5.74) is -1.60. The van der Waals surface area contributed by atoms with E-state index in [1.165, 1.54) is 18.2 Å². The van der Waals surface area contributed by atoms with Crippen LogP contribution in [-0.4, -0.2) is 22.3 Å². The van der Waals surface area contributed by atoms with E-state index in [0.29, 0.717) is 6.07 Å². The highest BCUT2D eigenvalue weighted by Gasteiger charge is 2.36. The molecule has 1 heterocycles. The molecule has 29 heavy (non-hydrogen) atoms. The van der Waals surface area contributed by atoms with Gasteiger partial charge in [0.25, 0.3) is 5.91 Å². The zero-order valence-corrected chi connectivity index (χ0v) is 15.1. The topological polar surface area (TPSA) is 56.1 Å². The first-order chi connectivity index (χ1) is 13.6. The number of carbonyl (C=O) groups excluding carboxylic acids is 1. The van der Waals surface area contributed by atoms with Crippen molar-refractivity contribution >= 4 is 23.2 Å². The number of rotatable bonds is 5. The van der Waals surface area contributed by atoms with Crippen LogP contribution in [0.15, 0.2) is 48.5 Å². The van der Waals surface area contributed by atoms with Crippen LogP contribution in [0.2, 0.25) is 5.02 Å². The number of amides is 1. The third-order valence-electron chi connectivity index (χ3n) is 3.60. The first kappa shape index (κ1) is 20.6. The minimum atomic E-state index is -4.77. The van der Waals surface area contributed by atoms with Crippen molar-refractivity contribution in [2.45, 2.75) is 6.18 Å². The van der Waals surface area contributed by atoms with E-state index < -0.39 is 47.6 Å². The van der Waals surface area contributed by atoms with E-state index >= 15 is 0 Å². The highest BCUT2D eigenvalue weighted by atomic mass is 35.5. The van der Waals surface area contributed by atoms with Gasteiger partial charge in [0.1, 0.15) is 11.6 Å². The van der Waals surface area contributed by atoms with Crippen LogP contribution in [0, 0.1) is 11.6 Å². The lowest BCUT2D eigenvalue weighted by molar-refractivity contribution is -0.141. The molecule has 0 bridgehead atoms. The molecule has 0 aliphatic carbocycles. The lowest BCUT2D eigenvalue weighted by atomic mass is 10.3. The molecule has 0 saturated heterocycles. The van der Waals surface area contributed by atoms with E-state index in [9.17, 15) is 26.7 Å². The second-order valence-electron chi connectivity index (χ2n) is 5.69. The van der Waals surface area contributed by atoms with Crippen LogP contribution < -0.4 is 10.1 Å². The molecule has 0 aliphatic rings. The van der Waals surface area contributed by atoms with Crippen LogP contribution in [0.4, 0.5) is 27.6 Å². The Balaban J connectivity index is 1.83. The summed E-state index contributed by atoms with van der Waals surface area (Å²) in [6.45, 7) is -0.788. The molecule has 1 amide bonds. The SMILES string of the molecule is O=C(COc1cc(C(F)(F)F)nn1-c1ccccc1Cl)Nc1cc(F)ccc1F. The largest absolute Gasteiger partial charge is 0.467 e. The number of benzene rings is 2. The summed E-state index contributed by atoms with van der Waals surface area (Å²) in [7, 11) is 0. The molecular weight excluding hydrogens is 421 g/mol. The van der Waals surface area contributed by atoms with Crippen molar-refractivity contribution in [2.24, 2.45) is 0 Å². The normalized spacial score (nSPS) is 11.4. The Morgan fingerprint density at radius 3 is 2.55 bits per heavy atom. The van der Waals surface area contributed by atoms with Crippen LogP contribution in [0.25, 0.3) is 5.69 Å². The lowest BCUT2D eigenvalue weighted by Crippen LogP contribution is -2.21. The van der Waals surface area contributed by atoms with Gasteiger partial charge in [0, 0.05) is 12.1 Å². The summed E-state index contributed by atoms with van der Waals surface area (Å²) in [6.07, 6.45) is -4.77. The molecule has 3 aromatic rings. The van der Waals surface area contributed by atoms with Gasteiger partial charge < -0.3 is 10.1 Å². The number of para-hydroxylation sites is 1. The second kappa shape index (κ2) is 8.08. The predicted octanol–water partition coefficient (Wildman–Crippen LogP) is 4.84. The fourth-order valence-corrected chi connectivity index (χ4v) is 2.54. The van der Waals surface area contributed by atoms with Crippen molar-refractivity contribution in [1.29, 1.82) is 0 Å². The van der Waals surface area contributed by atoms with Crippen molar-refractivity contribution in [3.05, 3.63) is 70.9 Å². The predicted molar refractivity (Wildman–Crippen MR) is 94.1 cm³/mol. The van der Waals surface area contributed by atoms with Crippen LogP contribution in [0.5, 0.6) is 5.88 Å². The second-order valence-corrected chi connectivity index (χ2v) is 6.10. The quantitative estimate of drug-likeness (QED) is 0.588. The number of hydrogen-bond donors (Lipinski definition) is 1. The minimum Gasteiger partial charge on any atom is -0.467 e. The molecule has 2 aromatic carbocycles. The highest BCUT2D eigenvalue weighted by Crippen LogP contribution is 2.33. The number of nitrogens with zero attached hydrogens (tertiary/aromatic N) is 2. The molecule has 0 atom stereocenters. The third kappa shape index (κ3) is 4.83. The Morgan fingerprint density at radius 1 is 1.14 bits per heavy atom. The van der Waals surface area contributed by atoms with Crippen LogP contribution >= 0.6 is 11.6 Å². The molecule has 0 radical (unpaired) electrons. The van der Waals surface area contributed by atoms with Gasteiger partial charge >= 0.3 is 6.18 Å². The van der Waals surface area contributed by atoms with E-state index in [0.717, 1.165) is 22.9 Å². The van der Waals surface area contributed by atoms with E-state index in [1.54, 1.807) is 6.07 Å². The fraction of sp³-hybridized carbons (Fsp3) is 0.111. The van der Waals surface area contributed by atoms with E-state index in [4.69, 9.17) is 16.3 Å². The number of alkyl halides is 3. The molecule has 1 N–H and O–H groups in total. The van der Waals surface area contributed by atoms with Crippen LogP contribution in [0.3, 0.4) is 0 Å². The van der Waals surface area contributed by atoms with Gasteiger partial charge in [-0.3, -0.25) is 4.79 Å². The number of nitrogens with one attached hydrogen (secondary N) is 1. The van der Waals surface area contributed by atoms with Gasteiger partial charge in [0.15, 0.2) is 12.3 Å². The number of ether oxygens (including phenoxy) is 1. The first-order valence-electron chi connectivity index (χ1n) is 7.95. The molecule has 0 unspecified atom stereocenters. The standard InChI is InChI=1S/C18H11ClF5N3O2/c19-11-3-1-2-4-14(11)27-17(8-15(26-27)18(22,23)24)29-9-16(28)25-13-7-10(20)5-6-12(13)21/h1-8H,9H2,(H,25,28). The maximum Gasteiger partial charge on any atom is 0.435 e. The number of hydrogen-bond acceptors (Lipinski definition) is 3.